The van der Waals surface area contributed by atoms with Gasteiger partial charge in [-0.2, -0.15) is 0 Å². The number of ketones is 1. The number of halogens is 2. The van der Waals surface area contributed by atoms with Crippen molar-refractivity contribution in [2.45, 2.75) is 0 Å². The molecule has 0 saturated carbocycles. The molecule has 0 atom stereocenters. The summed E-state index contributed by atoms with van der Waals surface area (Å²) in [5.41, 5.74) is 1.39. The minimum atomic E-state index is -0.113. The van der Waals surface area contributed by atoms with Crippen LogP contribution >= 0.6 is 23.2 Å². The summed E-state index contributed by atoms with van der Waals surface area (Å²) in [6.07, 6.45) is 5.00. The zero-order valence-corrected chi connectivity index (χ0v) is 10.3. The van der Waals surface area contributed by atoms with E-state index in [1.807, 2.05) is 12.1 Å². The Balaban J connectivity index is 2.17. The van der Waals surface area contributed by atoms with Crippen molar-refractivity contribution in [1.82, 2.24) is 4.98 Å². The molecule has 1 heterocycles. The van der Waals surface area contributed by atoms with Gasteiger partial charge in [0.05, 0.1) is 10.0 Å². The lowest BCUT2D eigenvalue weighted by Crippen LogP contribution is -1.93. The maximum absolute atomic E-state index is 11.8. The van der Waals surface area contributed by atoms with Gasteiger partial charge in [-0.3, -0.25) is 4.79 Å². The lowest BCUT2D eigenvalue weighted by Gasteiger charge is -1.98. The fourth-order valence-corrected chi connectivity index (χ4v) is 1.66. The summed E-state index contributed by atoms with van der Waals surface area (Å²) in [4.78, 5) is 14.8. The highest BCUT2D eigenvalue weighted by Gasteiger charge is 2.04. The molecule has 0 unspecified atom stereocenters. The topological polar surface area (TPSA) is 32.9 Å². The zero-order chi connectivity index (χ0) is 12.3. The molecule has 0 radical (unpaired) electrons. The molecule has 2 nitrogen and oxygen atoms in total. The van der Waals surface area contributed by atoms with Crippen LogP contribution in [0.2, 0.25) is 10.0 Å². The number of aromatic nitrogens is 1. The first-order valence-electron chi connectivity index (χ1n) is 4.97. The zero-order valence-electron chi connectivity index (χ0n) is 8.78. The first-order chi connectivity index (χ1) is 8.16. The summed E-state index contributed by atoms with van der Waals surface area (Å²) in [6, 6.07) is 8.56. The second-order valence-corrected chi connectivity index (χ2v) is 4.27. The maximum atomic E-state index is 11.8. The molecule has 0 saturated heterocycles. The fourth-order valence-electron chi connectivity index (χ4n) is 1.36. The van der Waals surface area contributed by atoms with Gasteiger partial charge in [0.1, 0.15) is 0 Å². The molecule has 0 aliphatic heterocycles. The van der Waals surface area contributed by atoms with Gasteiger partial charge in [0.2, 0.25) is 0 Å². The summed E-state index contributed by atoms with van der Waals surface area (Å²) in [6.45, 7) is 0. The number of rotatable bonds is 3. The number of H-pyrrole nitrogens is 1. The maximum Gasteiger partial charge on any atom is 0.185 e. The van der Waals surface area contributed by atoms with Crippen LogP contribution in [0.3, 0.4) is 0 Å². The van der Waals surface area contributed by atoms with Crippen molar-refractivity contribution in [3.05, 3.63) is 63.9 Å². The van der Waals surface area contributed by atoms with Gasteiger partial charge in [-0.25, -0.2) is 0 Å². The average Bonchev–Trinajstić information content (AvgIpc) is 2.82. The summed E-state index contributed by atoms with van der Waals surface area (Å²) in [5.74, 6) is -0.113. The third-order valence-corrected chi connectivity index (χ3v) is 2.98. The van der Waals surface area contributed by atoms with Crippen LogP contribution in [0, 0.1) is 0 Å². The van der Waals surface area contributed by atoms with Crippen molar-refractivity contribution in [1.29, 1.82) is 0 Å². The van der Waals surface area contributed by atoms with E-state index in [4.69, 9.17) is 23.2 Å². The third kappa shape index (κ3) is 2.99. The van der Waals surface area contributed by atoms with E-state index in [1.165, 1.54) is 6.08 Å². The first kappa shape index (κ1) is 12.0. The van der Waals surface area contributed by atoms with Crippen molar-refractivity contribution >= 4 is 35.1 Å². The van der Waals surface area contributed by atoms with E-state index < -0.39 is 0 Å². The predicted octanol–water partition coefficient (Wildman–Crippen LogP) is 4.22. The summed E-state index contributed by atoms with van der Waals surface area (Å²) in [5, 5.41) is 0.822. The smallest absolute Gasteiger partial charge is 0.185 e. The van der Waals surface area contributed by atoms with Crippen LogP contribution < -0.4 is 0 Å². The first-order valence-corrected chi connectivity index (χ1v) is 5.73. The molecule has 0 aliphatic rings. The Morgan fingerprint density at radius 2 is 2.00 bits per heavy atom. The Kier molecular flexibility index (Phi) is 3.67. The van der Waals surface area contributed by atoms with Crippen LogP contribution in [0.25, 0.3) is 6.08 Å². The number of nitrogens with one attached hydrogen (secondary N) is 1. The van der Waals surface area contributed by atoms with E-state index in [0.29, 0.717) is 15.6 Å². The third-order valence-electron chi connectivity index (χ3n) is 2.24. The van der Waals surface area contributed by atoms with Crippen molar-refractivity contribution in [3.63, 3.8) is 0 Å². The number of aromatic amines is 1. The molecule has 0 bridgehead atoms. The van der Waals surface area contributed by atoms with E-state index >= 15 is 0 Å². The van der Waals surface area contributed by atoms with Crippen LogP contribution in [-0.4, -0.2) is 10.8 Å². The Morgan fingerprint density at radius 1 is 1.18 bits per heavy atom. The van der Waals surface area contributed by atoms with Gasteiger partial charge in [-0.05, 0) is 42.5 Å². The van der Waals surface area contributed by atoms with Crippen molar-refractivity contribution in [2.75, 3.05) is 0 Å². The van der Waals surface area contributed by atoms with E-state index in [-0.39, 0.29) is 5.78 Å². The predicted molar refractivity (Wildman–Crippen MR) is 70.6 cm³/mol. The van der Waals surface area contributed by atoms with Gasteiger partial charge in [0.25, 0.3) is 0 Å². The van der Waals surface area contributed by atoms with E-state index in [2.05, 4.69) is 4.98 Å². The molecule has 0 fully saturated rings. The van der Waals surface area contributed by atoms with Crippen LogP contribution in [-0.2, 0) is 0 Å². The Bertz CT molecular complexity index is 559. The van der Waals surface area contributed by atoms with Crippen LogP contribution in [0.5, 0.6) is 0 Å². The normalized spacial score (nSPS) is 10.9. The second kappa shape index (κ2) is 5.21. The van der Waals surface area contributed by atoms with Crippen LogP contribution in [0.1, 0.15) is 16.1 Å². The Morgan fingerprint density at radius 3 is 2.65 bits per heavy atom. The average molecular weight is 266 g/mol. The summed E-state index contributed by atoms with van der Waals surface area (Å²) in [7, 11) is 0. The molecule has 4 heteroatoms. The van der Waals surface area contributed by atoms with E-state index in [9.17, 15) is 4.79 Å². The molecule has 1 aromatic carbocycles. The molecule has 1 N–H and O–H groups in total. The monoisotopic (exact) mass is 265 g/mol. The second-order valence-electron chi connectivity index (χ2n) is 3.45. The highest BCUT2D eigenvalue weighted by atomic mass is 35.5. The number of hydrogen-bond donors (Lipinski definition) is 1. The standard InChI is InChI=1S/C13H9Cl2NO/c14-11-5-3-9(8-12(11)15)13(17)6-4-10-2-1-7-16-10/h1-8,16H/b6-4+. The molecular weight excluding hydrogens is 257 g/mol. The van der Waals surface area contributed by atoms with Gasteiger partial charge in [-0.1, -0.05) is 23.2 Å². The molecular formula is C13H9Cl2NO. The molecule has 0 aliphatic carbocycles. The number of allylic oxidation sites excluding steroid dienone is 1. The minimum absolute atomic E-state index is 0.113. The van der Waals surface area contributed by atoms with Crippen LogP contribution in [0.15, 0.2) is 42.6 Å². The van der Waals surface area contributed by atoms with Crippen molar-refractivity contribution < 1.29 is 4.79 Å². The van der Waals surface area contributed by atoms with Crippen molar-refractivity contribution in [2.24, 2.45) is 0 Å². The number of hydrogen-bond acceptors (Lipinski definition) is 1. The molecule has 2 rings (SSSR count). The lowest BCUT2D eigenvalue weighted by atomic mass is 10.1. The number of carbonyl (C=O) groups excluding carboxylic acids is 1. The van der Waals surface area contributed by atoms with Crippen molar-refractivity contribution in [3.8, 4) is 0 Å². The van der Waals surface area contributed by atoms with E-state index in [1.54, 1.807) is 30.5 Å². The largest absolute Gasteiger partial charge is 0.362 e. The SMILES string of the molecule is O=C(/C=C/c1ccc[nH]1)c1ccc(Cl)c(Cl)c1. The Labute approximate surface area is 109 Å². The minimum Gasteiger partial charge on any atom is -0.362 e. The van der Waals surface area contributed by atoms with Gasteiger partial charge in [0, 0.05) is 17.5 Å². The molecule has 1 aromatic heterocycles. The highest BCUT2D eigenvalue weighted by molar-refractivity contribution is 6.42. The fraction of sp³-hybridized carbons (Fsp3) is 0. The van der Waals surface area contributed by atoms with E-state index in [0.717, 1.165) is 5.69 Å². The molecule has 0 amide bonds. The molecule has 17 heavy (non-hydrogen) atoms. The quantitative estimate of drug-likeness (QED) is 0.654. The molecule has 2 aromatic rings. The van der Waals surface area contributed by atoms with Crippen LogP contribution in [0.4, 0.5) is 0 Å². The number of benzene rings is 1. The molecule has 86 valence electrons. The number of carbonyl (C=O) groups is 1. The molecule has 0 spiro atoms. The Hall–Kier alpha value is -1.51. The lowest BCUT2D eigenvalue weighted by molar-refractivity contribution is 0.104. The highest BCUT2D eigenvalue weighted by Crippen LogP contribution is 2.22. The van der Waals surface area contributed by atoms with Gasteiger partial charge < -0.3 is 4.98 Å². The summed E-state index contributed by atoms with van der Waals surface area (Å²) >= 11 is 11.6. The van der Waals surface area contributed by atoms with Gasteiger partial charge in [0.15, 0.2) is 5.78 Å². The van der Waals surface area contributed by atoms with Gasteiger partial charge in [-0.15, -0.1) is 0 Å². The summed E-state index contributed by atoms with van der Waals surface area (Å²) < 4.78 is 0. The van der Waals surface area contributed by atoms with Gasteiger partial charge >= 0.3 is 0 Å².